The van der Waals surface area contributed by atoms with Gasteiger partial charge in [-0.2, -0.15) is 0 Å². The van der Waals surface area contributed by atoms with E-state index in [0.29, 0.717) is 0 Å². The molecule has 0 spiro atoms. The van der Waals surface area contributed by atoms with Gasteiger partial charge in [-0.25, -0.2) is 4.79 Å². The zero-order valence-electron chi connectivity index (χ0n) is 12.0. The fourth-order valence-corrected chi connectivity index (χ4v) is 2.46. The second-order valence-electron chi connectivity index (χ2n) is 5.23. The van der Waals surface area contributed by atoms with Gasteiger partial charge in [0.05, 0.1) is 29.5 Å². The quantitative estimate of drug-likeness (QED) is 0.589. The third-order valence-electron chi connectivity index (χ3n) is 3.51. The van der Waals surface area contributed by atoms with Crippen LogP contribution in [0.25, 0.3) is 11.0 Å². The van der Waals surface area contributed by atoms with Crippen LogP contribution in [0.15, 0.2) is 15.3 Å². The van der Waals surface area contributed by atoms with Crippen molar-refractivity contribution in [3.8, 4) is 11.5 Å². The van der Waals surface area contributed by atoms with Crippen LogP contribution in [0.3, 0.4) is 0 Å². The minimum Gasteiger partial charge on any atom is -0.873 e. The molecule has 0 radical (unpaired) electrons. The minimum absolute atomic E-state index is 0. The van der Waals surface area contributed by atoms with Crippen molar-refractivity contribution < 1.29 is 34.4 Å². The second kappa shape index (κ2) is 6.08. The zero-order chi connectivity index (χ0) is 16.2. The van der Waals surface area contributed by atoms with Crippen LogP contribution in [0, 0.1) is 0 Å². The van der Waals surface area contributed by atoms with Crippen molar-refractivity contribution in [3.05, 3.63) is 33.2 Å². The number of rotatable bonds is 1. The summed E-state index contributed by atoms with van der Waals surface area (Å²) in [6, 6.07) is 0.788. The molecule has 3 rings (SSSR count). The number of aromatic carboxylic acids is 1. The van der Waals surface area contributed by atoms with Crippen LogP contribution >= 0.6 is 0 Å². The van der Waals surface area contributed by atoms with Crippen LogP contribution in [0.1, 0.15) is 28.6 Å². The number of carboxylic acid groups (broad SMARTS) is 1. The summed E-state index contributed by atoms with van der Waals surface area (Å²) < 4.78 is 10.5. The van der Waals surface area contributed by atoms with E-state index in [9.17, 15) is 24.9 Å². The molecule has 1 unspecified atom stereocenters. The molecule has 1 aromatic heterocycles. The Labute approximate surface area is 166 Å². The Bertz CT molecular complexity index is 867. The molecule has 23 heavy (non-hydrogen) atoms. The average Bonchev–Trinajstić information content (AvgIpc) is 2.39. The van der Waals surface area contributed by atoms with Gasteiger partial charge in [-0.3, -0.25) is 4.79 Å². The molecular formula is C14H10O8Sr. The maximum absolute atomic E-state index is 12.4. The molecule has 8 nitrogen and oxygen atoms in total. The van der Waals surface area contributed by atoms with Crippen molar-refractivity contribution >= 4 is 62.4 Å². The number of ether oxygens (including phenoxy) is 1. The zero-order valence-corrected chi connectivity index (χ0v) is 15.5. The van der Waals surface area contributed by atoms with E-state index in [0.717, 1.165) is 6.07 Å². The van der Waals surface area contributed by atoms with Gasteiger partial charge in [0, 0.05) is 0 Å². The summed E-state index contributed by atoms with van der Waals surface area (Å²) >= 11 is 0. The summed E-state index contributed by atoms with van der Waals surface area (Å²) in [7, 11) is 0. The van der Waals surface area contributed by atoms with E-state index in [2.05, 4.69) is 0 Å². The summed E-state index contributed by atoms with van der Waals surface area (Å²) in [6.45, 7) is 1.09. The Morgan fingerprint density at radius 1 is 1.39 bits per heavy atom. The molecule has 0 amide bonds. The molecule has 116 valence electrons. The number of benzene rings is 1. The maximum atomic E-state index is 12.4. The summed E-state index contributed by atoms with van der Waals surface area (Å²) in [5.41, 5.74) is -1.92. The molecule has 2 heterocycles. The van der Waals surface area contributed by atoms with Crippen molar-refractivity contribution in [2.45, 2.75) is 25.7 Å². The van der Waals surface area contributed by atoms with Gasteiger partial charge >= 0.3 is 51.5 Å². The van der Waals surface area contributed by atoms with E-state index in [1.165, 1.54) is 6.92 Å². The second-order valence-corrected chi connectivity index (χ2v) is 5.23. The Morgan fingerprint density at radius 3 is 2.65 bits per heavy atom. The van der Waals surface area contributed by atoms with Crippen molar-refractivity contribution in [2.75, 3.05) is 0 Å². The van der Waals surface area contributed by atoms with Crippen LogP contribution in [0.4, 0.5) is 0 Å². The molecule has 0 saturated heterocycles. The summed E-state index contributed by atoms with van der Waals surface area (Å²) in [6.07, 6.45) is -0.136. The monoisotopic (exact) mass is 394 g/mol. The standard InChI is InChI=1S/C14H12O8.Sr/c1-14(20)3-8-5(4-21-14)11(16)9-7(22-8)2-6(15)12(17)10(9)13(18)19;/h2,15,17,20H,3-4H2,1H3,(H,18,19);/q;+2/p-2. The van der Waals surface area contributed by atoms with Crippen LogP contribution in [0.2, 0.25) is 0 Å². The predicted molar refractivity (Wildman–Crippen MR) is 73.2 cm³/mol. The number of carboxylic acids is 1. The SMILES string of the molecule is CC1(O)Cc2oc3cc([O-])c([O-])c(C(=O)O)c3c(=O)c2CO1.[Sr+2]. The predicted octanol–water partition coefficient (Wildman–Crippen LogP) is -0.961. The number of carbonyl (C=O) groups is 1. The maximum Gasteiger partial charge on any atom is 2.00 e. The summed E-state index contributed by atoms with van der Waals surface area (Å²) in [4.78, 5) is 23.7. The van der Waals surface area contributed by atoms with Gasteiger partial charge in [-0.15, -0.1) is 11.5 Å². The van der Waals surface area contributed by atoms with Gasteiger partial charge in [-0.1, -0.05) is 0 Å². The molecule has 0 bridgehead atoms. The smallest absolute Gasteiger partial charge is 0.873 e. The molecule has 0 aliphatic carbocycles. The molecule has 1 atom stereocenters. The largest absolute Gasteiger partial charge is 2.00 e. The van der Waals surface area contributed by atoms with Gasteiger partial charge in [0.15, 0.2) is 11.2 Å². The van der Waals surface area contributed by atoms with E-state index in [1.54, 1.807) is 0 Å². The summed E-state index contributed by atoms with van der Waals surface area (Å²) in [5, 5.41) is 41.7. The van der Waals surface area contributed by atoms with Gasteiger partial charge in [0.25, 0.3) is 0 Å². The van der Waals surface area contributed by atoms with Crippen molar-refractivity contribution in [2.24, 2.45) is 0 Å². The Kier molecular flexibility index (Phi) is 4.82. The van der Waals surface area contributed by atoms with Gasteiger partial charge in [-0.05, 0) is 13.0 Å². The normalized spacial score (nSPS) is 19.9. The molecule has 0 fully saturated rings. The minimum atomic E-state index is -1.68. The molecule has 1 aliphatic rings. The van der Waals surface area contributed by atoms with E-state index in [1.807, 2.05) is 0 Å². The van der Waals surface area contributed by atoms with Gasteiger partial charge in [0.1, 0.15) is 11.3 Å². The molecule has 2 aromatic rings. The first kappa shape index (κ1) is 18.2. The van der Waals surface area contributed by atoms with Gasteiger partial charge < -0.3 is 29.6 Å². The van der Waals surface area contributed by atoms with E-state index >= 15 is 0 Å². The molecular weight excluding hydrogens is 384 g/mol. The molecule has 2 N–H and O–H groups in total. The Morgan fingerprint density at radius 2 is 2.04 bits per heavy atom. The van der Waals surface area contributed by atoms with Crippen LogP contribution in [-0.4, -0.2) is 67.5 Å². The van der Waals surface area contributed by atoms with Gasteiger partial charge in [0.2, 0.25) is 0 Å². The van der Waals surface area contributed by atoms with Crippen LogP contribution in [-0.2, 0) is 17.8 Å². The van der Waals surface area contributed by atoms with E-state index in [-0.39, 0.29) is 75.4 Å². The fourth-order valence-electron chi connectivity index (χ4n) is 2.46. The number of hydrogen-bond donors (Lipinski definition) is 2. The summed E-state index contributed by atoms with van der Waals surface area (Å²) in [5.74, 6) is -5.46. The first-order chi connectivity index (χ1) is 10.2. The van der Waals surface area contributed by atoms with Crippen molar-refractivity contribution in [1.82, 2.24) is 0 Å². The Hall–Kier alpha value is -1.10. The van der Waals surface area contributed by atoms with E-state index < -0.39 is 39.6 Å². The third-order valence-corrected chi connectivity index (χ3v) is 3.51. The average molecular weight is 394 g/mol. The molecule has 9 heteroatoms. The molecule has 0 saturated carbocycles. The first-order valence-corrected chi connectivity index (χ1v) is 6.30. The fraction of sp³-hybridized carbons (Fsp3) is 0.286. The van der Waals surface area contributed by atoms with Crippen LogP contribution < -0.4 is 15.6 Å². The first-order valence-electron chi connectivity index (χ1n) is 6.30. The third kappa shape index (κ3) is 3.00. The topological polar surface area (TPSA) is 143 Å². The number of aliphatic hydroxyl groups is 1. The number of hydrogen-bond acceptors (Lipinski definition) is 7. The molecule has 1 aromatic carbocycles. The van der Waals surface area contributed by atoms with Crippen LogP contribution in [0.5, 0.6) is 11.5 Å². The number of fused-ring (bicyclic) bond motifs is 2. The van der Waals surface area contributed by atoms with Crippen molar-refractivity contribution in [3.63, 3.8) is 0 Å². The van der Waals surface area contributed by atoms with Crippen molar-refractivity contribution in [1.29, 1.82) is 0 Å². The Balaban J connectivity index is 0.00000192. The molecule has 1 aliphatic heterocycles. The van der Waals surface area contributed by atoms with E-state index in [4.69, 9.17) is 14.3 Å².